The first-order chi connectivity index (χ1) is 6.54. The second-order valence-corrected chi connectivity index (χ2v) is 2.84. The largest absolute Gasteiger partial charge is 0.477 e. The van der Waals surface area contributed by atoms with Crippen molar-refractivity contribution in [3.05, 3.63) is 28.7 Å². The maximum Gasteiger partial charge on any atom is 0.346 e. The highest BCUT2D eigenvalue weighted by atomic mass is 16.4. The highest BCUT2D eigenvalue weighted by Crippen LogP contribution is 2.16. The van der Waals surface area contributed by atoms with Crippen LogP contribution in [-0.2, 0) is 4.79 Å². The van der Waals surface area contributed by atoms with Crippen molar-refractivity contribution in [1.82, 2.24) is 0 Å². The molecule has 0 spiro atoms. The van der Waals surface area contributed by atoms with E-state index < -0.39 is 5.97 Å². The summed E-state index contributed by atoms with van der Waals surface area (Å²) in [5.74, 6) is 0.0682. The predicted molar refractivity (Wildman–Crippen MR) is 49.4 cm³/mol. The van der Waals surface area contributed by atoms with E-state index in [0.717, 1.165) is 0 Å². The standard InChI is InChI=1S/C10H9NO3/c1-6-3-8(7(2)14-6)4-9(5-11)10(12)13/h3-4H,1-2H3,(H,12,13)/b9-4-. The van der Waals surface area contributed by atoms with E-state index in [-0.39, 0.29) is 5.57 Å². The van der Waals surface area contributed by atoms with Gasteiger partial charge >= 0.3 is 5.97 Å². The summed E-state index contributed by atoms with van der Waals surface area (Å²) in [6.07, 6.45) is 1.30. The van der Waals surface area contributed by atoms with Crippen LogP contribution in [0, 0.1) is 25.2 Å². The Bertz CT molecular complexity index is 435. The predicted octanol–water partition coefficient (Wildman–Crippen LogP) is 1.89. The van der Waals surface area contributed by atoms with E-state index in [4.69, 9.17) is 14.8 Å². The first-order valence-electron chi connectivity index (χ1n) is 3.96. The van der Waals surface area contributed by atoms with Gasteiger partial charge in [-0.1, -0.05) is 0 Å². The number of hydrogen-bond donors (Lipinski definition) is 1. The van der Waals surface area contributed by atoms with Crippen molar-refractivity contribution in [2.45, 2.75) is 13.8 Å². The quantitative estimate of drug-likeness (QED) is 0.572. The Kier molecular flexibility index (Phi) is 2.73. The lowest BCUT2D eigenvalue weighted by Crippen LogP contribution is -1.97. The zero-order valence-electron chi connectivity index (χ0n) is 7.87. The summed E-state index contributed by atoms with van der Waals surface area (Å²) >= 11 is 0. The number of aliphatic carboxylic acids is 1. The minimum Gasteiger partial charge on any atom is -0.477 e. The van der Waals surface area contributed by atoms with E-state index in [1.807, 2.05) is 0 Å². The maximum absolute atomic E-state index is 10.5. The number of nitrogens with zero attached hydrogens (tertiary/aromatic N) is 1. The van der Waals surface area contributed by atoms with Crippen LogP contribution in [-0.4, -0.2) is 11.1 Å². The van der Waals surface area contributed by atoms with Crippen molar-refractivity contribution in [2.75, 3.05) is 0 Å². The third kappa shape index (κ3) is 2.02. The van der Waals surface area contributed by atoms with Gasteiger partial charge in [0.15, 0.2) is 0 Å². The molecule has 1 rings (SSSR count). The van der Waals surface area contributed by atoms with Gasteiger partial charge in [0.25, 0.3) is 0 Å². The van der Waals surface area contributed by atoms with E-state index in [9.17, 15) is 4.79 Å². The maximum atomic E-state index is 10.5. The molecule has 72 valence electrons. The van der Waals surface area contributed by atoms with Crippen LogP contribution in [0.3, 0.4) is 0 Å². The third-order valence-electron chi connectivity index (χ3n) is 1.73. The lowest BCUT2D eigenvalue weighted by molar-refractivity contribution is -0.132. The first kappa shape index (κ1) is 10.1. The van der Waals surface area contributed by atoms with Gasteiger partial charge in [0, 0.05) is 5.56 Å². The molecule has 0 aliphatic rings. The summed E-state index contributed by atoms with van der Waals surface area (Å²) in [6, 6.07) is 3.30. The molecular weight excluding hydrogens is 182 g/mol. The van der Waals surface area contributed by atoms with Crippen molar-refractivity contribution >= 4 is 12.0 Å². The van der Waals surface area contributed by atoms with E-state index in [1.165, 1.54) is 6.08 Å². The van der Waals surface area contributed by atoms with Gasteiger partial charge in [-0.25, -0.2) is 4.79 Å². The lowest BCUT2D eigenvalue weighted by Gasteiger charge is -1.89. The SMILES string of the molecule is Cc1cc(/C=C(/C#N)C(=O)O)c(C)o1. The normalized spacial score (nSPS) is 11.1. The molecule has 0 saturated carbocycles. The molecule has 0 fully saturated rings. The van der Waals surface area contributed by atoms with Gasteiger partial charge in [0.1, 0.15) is 23.2 Å². The van der Waals surface area contributed by atoms with Gasteiger partial charge in [0.05, 0.1) is 0 Å². The van der Waals surface area contributed by atoms with Crippen LogP contribution in [0.5, 0.6) is 0 Å². The van der Waals surface area contributed by atoms with Crippen LogP contribution in [0.1, 0.15) is 17.1 Å². The zero-order chi connectivity index (χ0) is 10.7. The lowest BCUT2D eigenvalue weighted by atomic mass is 10.1. The molecule has 0 unspecified atom stereocenters. The molecule has 0 amide bonds. The number of carboxylic acid groups (broad SMARTS) is 1. The summed E-state index contributed by atoms with van der Waals surface area (Å²) in [7, 11) is 0. The topological polar surface area (TPSA) is 74.2 Å². The molecule has 1 heterocycles. The Labute approximate surface area is 81.1 Å². The molecule has 0 atom stereocenters. The van der Waals surface area contributed by atoms with Gasteiger partial charge in [-0.2, -0.15) is 5.26 Å². The summed E-state index contributed by atoms with van der Waals surface area (Å²) in [6.45, 7) is 3.48. The molecule has 4 heteroatoms. The van der Waals surface area contributed by atoms with Crippen LogP contribution in [0.4, 0.5) is 0 Å². The smallest absolute Gasteiger partial charge is 0.346 e. The second-order valence-electron chi connectivity index (χ2n) is 2.84. The second kappa shape index (κ2) is 3.79. The molecule has 1 N–H and O–H groups in total. The number of carbonyl (C=O) groups is 1. The monoisotopic (exact) mass is 191 g/mol. The number of aryl methyl sites for hydroxylation is 2. The Morgan fingerprint density at radius 1 is 1.64 bits per heavy atom. The van der Waals surface area contributed by atoms with Gasteiger partial charge in [-0.3, -0.25) is 0 Å². The number of hydrogen-bond acceptors (Lipinski definition) is 3. The molecule has 0 aromatic carbocycles. The number of carboxylic acids is 1. The fourth-order valence-corrected chi connectivity index (χ4v) is 1.09. The van der Waals surface area contributed by atoms with E-state index >= 15 is 0 Å². The van der Waals surface area contributed by atoms with Gasteiger partial charge in [0.2, 0.25) is 0 Å². The summed E-state index contributed by atoms with van der Waals surface area (Å²) in [5.41, 5.74) is 0.329. The summed E-state index contributed by atoms with van der Waals surface area (Å²) in [5, 5.41) is 17.1. The molecule has 4 nitrogen and oxygen atoms in total. The minimum absolute atomic E-state index is 0.297. The molecule has 14 heavy (non-hydrogen) atoms. The fourth-order valence-electron chi connectivity index (χ4n) is 1.09. The van der Waals surface area contributed by atoms with Crippen LogP contribution in [0.2, 0.25) is 0 Å². The highest BCUT2D eigenvalue weighted by Gasteiger charge is 2.08. The van der Waals surface area contributed by atoms with Gasteiger partial charge < -0.3 is 9.52 Å². The Balaban J connectivity index is 3.14. The molecular formula is C10H9NO3. The van der Waals surface area contributed by atoms with Crippen molar-refractivity contribution < 1.29 is 14.3 Å². The Hall–Kier alpha value is -2.02. The summed E-state index contributed by atoms with van der Waals surface area (Å²) < 4.78 is 5.19. The Morgan fingerprint density at radius 2 is 2.29 bits per heavy atom. The fraction of sp³-hybridized carbons (Fsp3) is 0.200. The average molecular weight is 191 g/mol. The van der Waals surface area contributed by atoms with E-state index in [0.29, 0.717) is 17.1 Å². The van der Waals surface area contributed by atoms with Crippen LogP contribution in [0.25, 0.3) is 6.08 Å². The van der Waals surface area contributed by atoms with E-state index in [1.54, 1.807) is 26.0 Å². The van der Waals surface area contributed by atoms with Crippen LogP contribution in [0.15, 0.2) is 16.1 Å². The first-order valence-corrected chi connectivity index (χ1v) is 3.96. The number of furan rings is 1. The molecule has 0 saturated heterocycles. The zero-order valence-corrected chi connectivity index (χ0v) is 7.87. The molecule has 0 bridgehead atoms. The minimum atomic E-state index is -1.23. The van der Waals surface area contributed by atoms with Crippen molar-refractivity contribution in [3.8, 4) is 6.07 Å². The molecule has 0 aliphatic heterocycles. The summed E-state index contributed by atoms with van der Waals surface area (Å²) in [4.78, 5) is 10.5. The Morgan fingerprint density at radius 3 is 2.64 bits per heavy atom. The van der Waals surface area contributed by atoms with Crippen molar-refractivity contribution in [2.24, 2.45) is 0 Å². The number of rotatable bonds is 2. The van der Waals surface area contributed by atoms with E-state index in [2.05, 4.69) is 0 Å². The van der Waals surface area contributed by atoms with Gasteiger partial charge in [-0.05, 0) is 26.0 Å². The van der Waals surface area contributed by atoms with Crippen molar-refractivity contribution in [1.29, 1.82) is 5.26 Å². The third-order valence-corrected chi connectivity index (χ3v) is 1.73. The molecule has 1 aromatic heterocycles. The van der Waals surface area contributed by atoms with Gasteiger partial charge in [-0.15, -0.1) is 0 Å². The molecule has 0 radical (unpaired) electrons. The average Bonchev–Trinajstić information content (AvgIpc) is 2.40. The van der Waals surface area contributed by atoms with Crippen molar-refractivity contribution in [3.63, 3.8) is 0 Å². The van der Waals surface area contributed by atoms with Crippen LogP contribution < -0.4 is 0 Å². The molecule has 1 aromatic rings. The highest BCUT2D eigenvalue weighted by molar-refractivity contribution is 5.96. The molecule has 0 aliphatic carbocycles. The van der Waals surface area contributed by atoms with Crippen LogP contribution >= 0.6 is 0 Å². The number of nitriles is 1.